The Kier molecular flexibility index (Phi) is 5.04. The zero-order chi connectivity index (χ0) is 18.7. The Morgan fingerprint density at radius 3 is 2.46 bits per heavy atom. The average Bonchev–Trinajstić information content (AvgIpc) is 3.15. The van der Waals surface area contributed by atoms with Crippen molar-refractivity contribution >= 4 is 33.8 Å². The van der Waals surface area contributed by atoms with Gasteiger partial charge >= 0.3 is 5.97 Å². The number of hydrogen-bond donors (Lipinski definition) is 2. The fraction of sp³-hybridized carbons (Fsp3) is 0. The second kappa shape index (κ2) is 7.41. The van der Waals surface area contributed by atoms with Gasteiger partial charge in [0.25, 0.3) is 0 Å². The highest BCUT2D eigenvalue weighted by molar-refractivity contribution is 9.10. The van der Waals surface area contributed by atoms with Crippen LogP contribution < -0.4 is 0 Å². The molecule has 1 aromatic heterocycles. The molecule has 0 saturated carbocycles. The second-order valence-electron chi connectivity index (χ2n) is 5.42. The van der Waals surface area contributed by atoms with Crippen LogP contribution in [0.25, 0.3) is 17.4 Å². The molecule has 26 heavy (non-hydrogen) atoms. The maximum absolute atomic E-state index is 12.5. The summed E-state index contributed by atoms with van der Waals surface area (Å²) < 4.78 is 5.79. The Hall–Kier alpha value is -3.12. The normalized spacial score (nSPS) is 11.0. The fourth-order valence-corrected chi connectivity index (χ4v) is 2.96. The first-order valence-electron chi connectivity index (χ1n) is 7.58. The first-order chi connectivity index (χ1) is 12.5. The molecule has 0 amide bonds. The Morgan fingerprint density at radius 1 is 1.04 bits per heavy atom. The number of phenols is 1. The number of ketones is 1. The molecule has 0 bridgehead atoms. The Morgan fingerprint density at radius 2 is 1.77 bits per heavy atom. The van der Waals surface area contributed by atoms with Crippen molar-refractivity contribution in [2.75, 3.05) is 0 Å². The van der Waals surface area contributed by atoms with Gasteiger partial charge in [0.05, 0.1) is 11.8 Å². The number of hydrogen-bond acceptors (Lipinski definition) is 4. The van der Waals surface area contributed by atoms with E-state index in [4.69, 9.17) is 9.52 Å². The summed E-state index contributed by atoms with van der Waals surface area (Å²) in [6.45, 7) is 0. The molecule has 0 aliphatic carbocycles. The Balaban J connectivity index is 1.96. The van der Waals surface area contributed by atoms with Crippen LogP contribution in [0.3, 0.4) is 0 Å². The Labute approximate surface area is 157 Å². The second-order valence-corrected chi connectivity index (χ2v) is 6.33. The standard InChI is InChI=1S/C20H13BrO5/c21-13-10-15(19(23)16(11-13)20(24)25)17(22)8-7-12-4-1-2-5-14(12)18-6-3-9-26-18/h1-11,23H,(H,24,25)/b8-7+. The van der Waals surface area contributed by atoms with Crippen LogP contribution in [-0.4, -0.2) is 22.0 Å². The summed E-state index contributed by atoms with van der Waals surface area (Å²) in [5, 5.41) is 19.2. The number of benzene rings is 2. The number of halogens is 1. The van der Waals surface area contributed by atoms with Gasteiger partial charge in [-0.1, -0.05) is 46.3 Å². The summed E-state index contributed by atoms with van der Waals surface area (Å²) in [6.07, 6.45) is 4.45. The van der Waals surface area contributed by atoms with E-state index in [0.717, 1.165) is 11.1 Å². The molecule has 0 aliphatic rings. The summed E-state index contributed by atoms with van der Waals surface area (Å²) in [4.78, 5) is 23.7. The Bertz CT molecular complexity index is 1000. The number of rotatable bonds is 5. The molecule has 130 valence electrons. The molecule has 0 fully saturated rings. The molecular weight excluding hydrogens is 400 g/mol. The van der Waals surface area contributed by atoms with Crippen LogP contribution in [0.2, 0.25) is 0 Å². The van der Waals surface area contributed by atoms with Crippen molar-refractivity contribution in [1.82, 2.24) is 0 Å². The minimum Gasteiger partial charge on any atom is -0.506 e. The third kappa shape index (κ3) is 3.60. The van der Waals surface area contributed by atoms with E-state index in [1.807, 2.05) is 30.3 Å². The van der Waals surface area contributed by atoms with Crippen molar-refractivity contribution in [3.63, 3.8) is 0 Å². The topological polar surface area (TPSA) is 87.7 Å². The average molecular weight is 413 g/mol. The monoisotopic (exact) mass is 412 g/mol. The van der Waals surface area contributed by atoms with Gasteiger partial charge in [-0.05, 0) is 35.9 Å². The molecule has 6 heteroatoms. The smallest absolute Gasteiger partial charge is 0.339 e. The molecule has 0 unspecified atom stereocenters. The summed E-state index contributed by atoms with van der Waals surface area (Å²) in [5.74, 6) is -1.73. The first-order valence-corrected chi connectivity index (χ1v) is 8.38. The molecule has 3 aromatic rings. The summed E-state index contributed by atoms with van der Waals surface area (Å²) in [7, 11) is 0. The van der Waals surface area contributed by atoms with E-state index < -0.39 is 17.5 Å². The van der Waals surface area contributed by atoms with Gasteiger partial charge in [0.15, 0.2) is 5.78 Å². The van der Waals surface area contributed by atoms with Crippen molar-refractivity contribution in [2.45, 2.75) is 0 Å². The van der Waals surface area contributed by atoms with Crippen LogP contribution in [0, 0.1) is 0 Å². The van der Waals surface area contributed by atoms with E-state index in [1.165, 1.54) is 18.2 Å². The molecule has 0 saturated heterocycles. The van der Waals surface area contributed by atoms with Gasteiger partial charge in [-0.2, -0.15) is 0 Å². The lowest BCUT2D eigenvalue weighted by atomic mass is 10.0. The van der Waals surface area contributed by atoms with Crippen LogP contribution in [0.15, 0.2) is 69.8 Å². The zero-order valence-corrected chi connectivity index (χ0v) is 14.9. The summed E-state index contributed by atoms with van der Waals surface area (Å²) in [5.41, 5.74) is 1.13. The van der Waals surface area contributed by atoms with E-state index in [1.54, 1.807) is 18.4 Å². The molecule has 2 aromatic carbocycles. The number of carboxylic acids is 1. The SMILES string of the molecule is O=C(O)c1cc(Br)cc(C(=O)/C=C/c2ccccc2-c2ccco2)c1O. The third-order valence-corrected chi connectivity index (χ3v) is 4.19. The molecule has 0 radical (unpaired) electrons. The predicted molar refractivity (Wildman–Crippen MR) is 100 cm³/mol. The quantitative estimate of drug-likeness (QED) is 0.454. The fourth-order valence-electron chi connectivity index (χ4n) is 2.50. The highest BCUT2D eigenvalue weighted by atomic mass is 79.9. The van der Waals surface area contributed by atoms with Crippen LogP contribution in [-0.2, 0) is 0 Å². The number of furan rings is 1. The molecule has 1 heterocycles. The van der Waals surface area contributed by atoms with E-state index in [-0.39, 0.29) is 11.1 Å². The lowest BCUT2D eigenvalue weighted by molar-refractivity contribution is 0.0693. The van der Waals surface area contributed by atoms with Crippen molar-refractivity contribution in [3.8, 4) is 17.1 Å². The van der Waals surface area contributed by atoms with Gasteiger partial charge in [0.2, 0.25) is 0 Å². The molecule has 0 aliphatic heterocycles. The minimum atomic E-state index is -1.31. The van der Waals surface area contributed by atoms with Crippen molar-refractivity contribution in [3.05, 3.63) is 82.0 Å². The molecule has 0 spiro atoms. The first kappa shape index (κ1) is 17.7. The number of carbonyl (C=O) groups excluding carboxylic acids is 1. The van der Waals surface area contributed by atoms with E-state index in [9.17, 15) is 14.7 Å². The van der Waals surface area contributed by atoms with Gasteiger partial charge in [0.1, 0.15) is 17.1 Å². The van der Waals surface area contributed by atoms with E-state index in [2.05, 4.69) is 15.9 Å². The van der Waals surface area contributed by atoms with E-state index in [0.29, 0.717) is 10.2 Å². The van der Waals surface area contributed by atoms with Gasteiger partial charge in [-0.15, -0.1) is 0 Å². The predicted octanol–water partition coefficient (Wildman–Crippen LogP) is 5.01. The lowest BCUT2D eigenvalue weighted by Gasteiger charge is -2.06. The van der Waals surface area contributed by atoms with Crippen LogP contribution in [0.5, 0.6) is 5.75 Å². The maximum Gasteiger partial charge on any atom is 0.339 e. The molecule has 2 N–H and O–H groups in total. The lowest BCUT2D eigenvalue weighted by Crippen LogP contribution is -2.03. The van der Waals surface area contributed by atoms with E-state index >= 15 is 0 Å². The zero-order valence-electron chi connectivity index (χ0n) is 13.3. The van der Waals surface area contributed by atoms with Crippen molar-refractivity contribution < 1.29 is 24.2 Å². The maximum atomic E-state index is 12.5. The molecule has 3 rings (SSSR count). The van der Waals surface area contributed by atoms with Gasteiger partial charge in [-0.25, -0.2) is 4.79 Å². The number of carbonyl (C=O) groups is 2. The number of carboxylic acid groups (broad SMARTS) is 1. The van der Waals surface area contributed by atoms with Crippen LogP contribution in [0.4, 0.5) is 0 Å². The highest BCUT2D eigenvalue weighted by Gasteiger charge is 2.18. The van der Waals surface area contributed by atoms with Gasteiger partial charge in [0, 0.05) is 10.0 Å². The summed E-state index contributed by atoms with van der Waals surface area (Å²) >= 11 is 3.15. The van der Waals surface area contributed by atoms with Crippen LogP contribution >= 0.6 is 15.9 Å². The minimum absolute atomic E-state index is 0.0940. The highest BCUT2D eigenvalue weighted by Crippen LogP contribution is 2.29. The van der Waals surface area contributed by atoms with Gasteiger partial charge < -0.3 is 14.6 Å². The van der Waals surface area contributed by atoms with Crippen molar-refractivity contribution in [2.24, 2.45) is 0 Å². The van der Waals surface area contributed by atoms with Gasteiger partial charge in [-0.3, -0.25) is 4.79 Å². The number of aromatic hydroxyl groups is 1. The van der Waals surface area contributed by atoms with Crippen molar-refractivity contribution in [1.29, 1.82) is 0 Å². The molecule has 5 nitrogen and oxygen atoms in total. The van der Waals surface area contributed by atoms with Crippen LogP contribution in [0.1, 0.15) is 26.3 Å². The third-order valence-electron chi connectivity index (χ3n) is 3.73. The molecular formula is C20H13BrO5. The largest absolute Gasteiger partial charge is 0.506 e. The molecule has 0 atom stereocenters. The number of aromatic carboxylic acids is 1. The summed E-state index contributed by atoms with van der Waals surface area (Å²) in [6, 6.07) is 13.6. The number of allylic oxidation sites excluding steroid dienone is 1.